The average molecular weight is 423 g/mol. The van der Waals surface area contributed by atoms with Crippen molar-refractivity contribution >= 4 is 17.4 Å². The number of benzene rings is 1. The Balaban J connectivity index is 1.41. The summed E-state index contributed by atoms with van der Waals surface area (Å²) < 4.78 is 0. The molecule has 1 saturated heterocycles. The molecule has 168 valence electrons. The fourth-order valence-corrected chi connectivity index (χ4v) is 5.93. The maximum absolute atomic E-state index is 13.4. The number of carbonyl (C=O) groups excluding carboxylic acids is 2. The molecular formula is C27H38N2O2. The van der Waals surface area contributed by atoms with Crippen molar-refractivity contribution in [3.8, 4) is 0 Å². The number of rotatable bonds is 6. The molecule has 1 unspecified atom stereocenters. The second-order valence-electron chi connectivity index (χ2n) is 9.91. The van der Waals surface area contributed by atoms with Gasteiger partial charge in [-0.25, -0.2) is 0 Å². The Labute approximate surface area is 187 Å². The minimum atomic E-state index is -0.283. The van der Waals surface area contributed by atoms with Gasteiger partial charge in [0.25, 0.3) is 0 Å². The molecule has 4 heteroatoms. The van der Waals surface area contributed by atoms with Crippen LogP contribution in [-0.2, 0) is 9.59 Å². The number of anilines is 1. The van der Waals surface area contributed by atoms with Crippen LogP contribution in [0.15, 0.2) is 35.4 Å². The van der Waals surface area contributed by atoms with Crippen LogP contribution in [0.4, 0.5) is 5.69 Å². The summed E-state index contributed by atoms with van der Waals surface area (Å²) in [6, 6.07) is 9.10. The molecule has 1 amide bonds. The number of para-hydroxylation sites is 1. The van der Waals surface area contributed by atoms with E-state index in [2.05, 4.69) is 35.8 Å². The van der Waals surface area contributed by atoms with Crippen molar-refractivity contribution in [1.82, 2.24) is 4.90 Å². The molecule has 2 aliphatic heterocycles. The van der Waals surface area contributed by atoms with Crippen LogP contribution < -0.4 is 4.90 Å². The van der Waals surface area contributed by atoms with Crippen molar-refractivity contribution in [3.63, 3.8) is 0 Å². The number of allylic oxidation sites excluding steroid dienone is 2. The topological polar surface area (TPSA) is 40.6 Å². The summed E-state index contributed by atoms with van der Waals surface area (Å²) >= 11 is 0. The Hall–Kier alpha value is -1.94. The monoisotopic (exact) mass is 422 g/mol. The normalized spacial score (nSPS) is 25.1. The van der Waals surface area contributed by atoms with Gasteiger partial charge in [-0.2, -0.15) is 0 Å². The highest BCUT2D eigenvalue weighted by Gasteiger charge is 2.42. The number of carbonyl (C=O) groups is 2. The summed E-state index contributed by atoms with van der Waals surface area (Å²) in [5, 5.41) is 0. The molecule has 0 bridgehead atoms. The van der Waals surface area contributed by atoms with Gasteiger partial charge in [0.05, 0.1) is 5.92 Å². The van der Waals surface area contributed by atoms with Crippen LogP contribution in [0.3, 0.4) is 0 Å². The van der Waals surface area contributed by atoms with E-state index in [1.165, 1.54) is 31.3 Å². The predicted molar refractivity (Wildman–Crippen MR) is 126 cm³/mol. The third-order valence-corrected chi connectivity index (χ3v) is 7.71. The second kappa shape index (κ2) is 9.68. The third kappa shape index (κ3) is 4.64. The predicted octanol–water partition coefficient (Wildman–Crippen LogP) is 5.62. The smallest absolute Gasteiger partial charge is 0.235 e. The zero-order valence-electron chi connectivity index (χ0n) is 19.5. The Kier molecular flexibility index (Phi) is 6.95. The van der Waals surface area contributed by atoms with E-state index in [0.717, 1.165) is 43.6 Å². The minimum absolute atomic E-state index is 0.148. The van der Waals surface area contributed by atoms with Crippen LogP contribution in [0.1, 0.15) is 90.0 Å². The lowest BCUT2D eigenvalue weighted by Crippen LogP contribution is -2.50. The van der Waals surface area contributed by atoms with Crippen LogP contribution in [0.2, 0.25) is 0 Å². The first kappa shape index (κ1) is 22.3. The van der Waals surface area contributed by atoms with Crippen molar-refractivity contribution in [3.05, 3.63) is 41.0 Å². The van der Waals surface area contributed by atoms with E-state index in [0.29, 0.717) is 18.9 Å². The molecule has 3 aliphatic rings. The summed E-state index contributed by atoms with van der Waals surface area (Å²) in [4.78, 5) is 30.5. The highest BCUT2D eigenvalue weighted by Crippen LogP contribution is 2.42. The Morgan fingerprint density at radius 2 is 1.68 bits per heavy atom. The lowest BCUT2D eigenvalue weighted by atomic mass is 9.86. The van der Waals surface area contributed by atoms with Gasteiger partial charge in [0.1, 0.15) is 5.78 Å². The van der Waals surface area contributed by atoms with Gasteiger partial charge in [0, 0.05) is 43.7 Å². The molecule has 4 nitrogen and oxygen atoms in total. The number of fused-ring (bicyclic) bond motifs is 1. The molecule has 4 rings (SSSR count). The van der Waals surface area contributed by atoms with Gasteiger partial charge in [0.15, 0.2) is 0 Å². The molecule has 1 atom stereocenters. The summed E-state index contributed by atoms with van der Waals surface area (Å²) in [6.45, 7) is 8.66. The fraction of sp³-hybridized carbons (Fsp3) is 0.630. The first-order valence-corrected chi connectivity index (χ1v) is 12.3. The van der Waals surface area contributed by atoms with Crippen molar-refractivity contribution in [2.24, 2.45) is 0 Å². The number of piperidine rings is 1. The highest BCUT2D eigenvalue weighted by atomic mass is 16.2. The number of amides is 1. The summed E-state index contributed by atoms with van der Waals surface area (Å²) in [7, 11) is 0. The lowest BCUT2D eigenvalue weighted by molar-refractivity contribution is -0.125. The van der Waals surface area contributed by atoms with E-state index < -0.39 is 0 Å². The van der Waals surface area contributed by atoms with Gasteiger partial charge in [0.2, 0.25) is 5.91 Å². The lowest BCUT2D eigenvalue weighted by Gasteiger charge is -2.42. The van der Waals surface area contributed by atoms with E-state index in [1.807, 2.05) is 19.1 Å². The Bertz CT molecular complexity index is 837. The maximum atomic E-state index is 13.4. The molecule has 31 heavy (non-hydrogen) atoms. The molecule has 0 spiro atoms. The zero-order valence-corrected chi connectivity index (χ0v) is 19.5. The van der Waals surface area contributed by atoms with E-state index >= 15 is 0 Å². The number of hydrogen-bond donors (Lipinski definition) is 0. The van der Waals surface area contributed by atoms with E-state index in [-0.39, 0.29) is 23.7 Å². The van der Waals surface area contributed by atoms with Crippen LogP contribution in [-0.4, -0.2) is 41.8 Å². The molecule has 0 aromatic heterocycles. The SMILES string of the molecule is CCCC(=O)CC1C(=O)N(C2CCN(C3CCC(=C(C)C)CC3)CC2)c2ccccc21. The second-order valence-corrected chi connectivity index (χ2v) is 9.91. The number of nitrogens with zero attached hydrogens (tertiary/aromatic N) is 2. The molecule has 2 heterocycles. The van der Waals surface area contributed by atoms with Crippen LogP contribution in [0.25, 0.3) is 0 Å². The summed E-state index contributed by atoms with van der Waals surface area (Å²) in [6.07, 6.45) is 8.88. The number of ketones is 1. The molecule has 1 aromatic rings. The number of Topliss-reactive ketones (excluding diaryl/α,β-unsaturated/α-hetero) is 1. The van der Waals surface area contributed by atoms with Gasteiger partial charge in [-0.05, 0) is 70.4 Å². The molecule has 1 aliphatic carbocycles. The van der Waals surface area contributed by atoms with Crippen molar-refractivity contribution in [2.45, 2.75) is 96.6 Å². The fourth-order valence-electron chi connectivity index (χ4n) is 5.93. The van der Waals surface area contributed by atoms with Gasteiger partial charge < -0.3 is 9.80 Å². The van der Waals surface area contributed by atoms with Crippen molar-refractivity contribution < 1.29 is 9.59 Å². The minimum Gasteiger partial charge on any atom is -0.308 e. The van der Waals surface area contributed by atoms with E-state index in [4.69, 9.17) is 0 Å². The van der Waals surface area contributed by atoms with Gasteiger partial charge >= 0.3 is 0 Å². The number of likely N-dealkylation sites (tertiary alicyclic amines) is 1. The first-order chi connectivity index (χ1) is 15.0. The first-order valence-electron chi connectivity index (χ1n) is 12.3. The van der Waals surface area contributed by atoms with Crippen LogP contribution in [0.5, 0.6) is 0 Å². The van der Waals surface area contributed by atoms with Crippen LogP contribution >= 0.6 is 0 Å². The third-order valence-electron chi connectivity index (χ3n) is 7.71. The Morgan fingerprint density at radius 3 is 2.32 bits per heavy atom. The van der Waals surface area contributed by atoms with Crippen molar-refractivity contribution in [2.75, 3.05) is 18.0 Å². The Morgan fingerprint density at radius 1 is 1.00 bits per heavy atom. The van der Waals surface area contributed by atoms with Gasteiger partial charge in [-0.15, -0.1) is 0 Å². The average Bonchev–Trinajstić information content (AvgIpc) is 3.05. The molecule has 1 saturated carbocycles. The van der Waals surface area contributed by atoms with Crippen LogP contribution in [0, 0.1) is 0 Å². The van der Waals surface area contributed by atoms with E-state index in [9.17, 15) is 9.59 Å². The number of hydrogen-bond acceptors (Lipinski definition) is 3. The standard InChI is InChI=1S/C27H38N2O2/c1-4-7-23(30)18-25-24-8-5-6-9-26(24)29(27(25)31)22-14-16-28(17-15-22)21-12-10-20(11-13-21)19(2)3/h5-6,8-9,21-22,25H,4,7,10-18H2,1-3H3. The summed E-state index contributed by atoms with van der Waals surface area (Å²) in [5.41, 5.74) is 5.27. The largest absolute Gasteiger partial charge is 0.308 e. The molecule has 1 aromatic carbocycles. The van der Waals surface area contributed by atoms with Crippen molar-refractivity contribution in [1.29, 1.82) is 0 Å². The highest BCUT2D eigenvalue weighted by molar-refractivity contribution is 6.07. The summed E-state index contributed by atoms with van der Waals surface area (Å²) in [5.74, 6) is 0.0736. The molecule has 2 fully saturated rings. The molecule has 0 radical (unpaired) electrons. The zero-order chi connectivity index (χ0) is 22.0. The molecular weight excluding hydrogens is 384 g/mol. The van der Waals surface area contributed by atoms with Gasteiger partial charge in [-0.1, -0.05) is 36.3 Å². The van der Waals surface area contributed by atoms with E-state index in [1.54, 1.807) is 5.57 Å². The van der Waals surface area contributed by atoms with Gasteiger partial charge in [-0.3, -0.25) is 9.59 Å². The molecule has 0 N–H and O–H groups in total. The quantitative estimate of drug-likeness (QED) is 0.559. The maximum Gasteiger partial charge on any atom is 0.235 e.